The molecule has 13 heteroatoms. The van der Waals surface area contributed by atoms with E-state index in [2.05, 4.69) is 14.7 Å². The highest BCUT2D eigenvalue weighted by Gasteiger charge is 2.20. The third-order valence-corrected chi connectivity index (χ3v) is 5.26. The van der Waals surface area contributed by atoms with Crippen LogP contribution in [0, 0.1) is 5.82 Å². The van der Waals surface area contributed by atoms with Gasteiger partial charge in [-0.25, -0.2) is 23.0 Å². The molecule has 4 aromatic rings. The van der Waals surface area contributed by atoms with E-state index in [1.54, 1.807) is 42.5 Å². The minimum atomic E-state index is -4.65. The molecule has 34 heavy (non-hydrogen) atoms. The summed E-state index contributed by atoms with van der Waals surface area (Å²) in [5, 5.41) is 4.23. The Morgan fingerprint density at radius 3 is 2.68 bits per heavy atom. The largest absolute Gasteiger partial charge is 0.472 e. The number of nitrogens with zero attached hydrogens (tertiary/aromatic N) is 3. The van der Waals surface area contributed by atoms with E-state index in [0.717, 1.165) is 11.6 Å². The maximum Gasteiger partial charge on any atom is 0.472 e. The SMILES string of the molecule is Nc1c(-c2cc(Cc3ccc(Oc4ncc(Cl)cc4F)cc3)no2)ccc[n+]1COP(=O)(O)O. The highest BCUT2D eigenvalue weighted by molar-refractivity contribution is 7.46. The number of anilines is 1. The topological polar surface area (TPSA) is 145 Å². The van der Waals surface area contributed by atoms with Crippen LogP contribution in [0.2, 0.25) is 5.02 Å². The first-order chi connectivity index (χ1) is 16.2. The summed E-state index contributed by atoms with van der Waals surface area (Å²) in [5.41, 5.74) is 8.09. The van der Waals surface area contributed by atoms with Gasteiger partial charge in [0.25, 0.3) is 11.7 Å². The molecule has 1 aromatic carbocycles. The van der Waals surface area contributed by atoms with Crippen molar-refractivity contribution in [2.45, 2.75) is 13.2 Å². The molecule has 0 saturated heterocycles. The molecule has 4 N–H and O–H groups in total. The van der Waals surface area contributed by atoms with E-state index in [9.17, 15) is 8.96 Å². The summed E-state index contributed by atoms with van der Waals surface area (Å²) < 4.78 is 41.5. The van der Waals surface area contributed by atoms with E-state index in [-0.39, 0.29) is 16.7 Å². The number of benzene rings is 1. The van der Waals surface area contributed by atoms with E-state index in [1.165, 1.54) is 17.0 Å². The molecule has 176 valence electrons. The lowest BCUT2D eigenvalue weighted by molar-refractivity contribution is -0.711. The first-order valence-corrected chi connectivity index (χ1v) is 11.6. The van der Waals surface area contributed by atoms with Crippen molar-refractivity contribution in [3.05, 3.63) is 83.0 Å². The summed E-state index contributed by atoms with van der Waals surface area (Å²) in [7, 11) is -4.65. The Bertz CT molecular complexity index is 1360. The van der Waals surface area contributed by atoms with Gasteiger partial charge in [-0.15, -0.1) is 0 Å². The lowest BCUT2D eigenvalue weighted by atomic mass is 10.1. The zero-order chi connectivity index (χ0) is 24.3. The number of phosphoric ester groups is 1. The average Bonchev–Trinajstić information content (AvgIpc) is 3.24. The van der Waals surface area contributed by atoms with Gasteiger partial charge >= 0.3 is 7.82 Å². The summed E-state index contributed by atoms with van der Waals surface area (Å²) in [4.78, 5) is 21.6. The Kier molecular flexibility index (Phi) is 6.92. The molecule has 0 bridgehead atoms. The Labute approximate surface area is 197 Å². The number of nitrogen functional groups attached to an aromatic ring is 1. The molecule has 0 aliphatic heterocycles. The Morgan fingerprint density at radius 2 is 1.97 bits per heavy atom. The molecule has 3 heterocycles. The van der Waals surface area contributed by atoms with Gasteiger partial charge in [0, 0.05) is 18.7 Å². The van der Waals surface area contributed by atoms with Gasteiger partial charge in [-0.2, -0.15) is 0 Å². The molecular weight excluding hydrogens is 490 g/mol. The zero-order valence-corrected chi connectivity index (χ0v) is 19.0. The van der Waals surface area contributed by atoms with E-state index >= 15 is 0 Å². The van der Waals surface area contributed by atoms with Crippen LogP contribution in [0.3, 0.4) is 0 Å². The maximum absolute atomic E-state index is 13.9. The molecule has 0 radical (unpaired) electrons. The smallest absolute Gasteiger partial charge is 0.436 e. The minimum Gasteiger partial charge on any atom is -0.436 e. The van der Waals surface area contributed by atoms with Crippen LogP contribution in [0.15, 0.2) is 65.4 Å². The molecule has 0 atom stereocenters. The fourth-order valence-corrected chi connectivity index (χ4v) is 3.44. The highest BCUT2D eigenvalue weighted by Crippen LogP contribution is 2.35. The third-order valence-electron chi connectivity index (χ3n) is 4.60. The van der Waals surface area contributed by atoms with Crippen molar-refractivity contribution >= 4 is 25.2 Å². The van der Waals surface area contributed by atoms with E-state index in [0.29, 0.717) is 29.2 Å². The van der Waals surface area contributed by atoms with E-state index in [1.807, 2.05) is 0 Å². The van der Waals surface area contributed by atoms with Crippen LogP contribution in [-0.4, -0.2) is 19.9 Å². The van der Waals surface area contributed by atoms with Crippen LogP contribution in [-0.2, 0) is 22.2 Å². The average molecular weight is 508 g/mol. The fourth-order valence-electron chi connectivity index (χ4n) is 3.02. The Hall–Kier alpha value is -3.34. The molecule has 4 rings (SSSR count). The predicted molar refractivity (Wildman–Crippen MR) is 118 cm³/mol. The number of nitrogens with two attached hydrogens (primary N) is 1. The molecule has 0 amide bonds. The first kappa shape index (κ1) is 23.8. The number of pyridine rings is 2. The van der Waals surface area contributed by atoms with Gasteiger partial charge in [0.1, 0.15) is 11.3 Å². The minimum absolute atomic E-state index is 0.175. The van der Waals surface area contributed by atoms with Gasteiger partial charge in [0.15, 0.2) is 11.6 Å². The van der Waals surface area contributed by atoms with Crippen molar-refractivity contribution in [2.75, 3.05) is 5.73 Å². The summed E-state index contributed by atoms with van der Waals surface area (Å²) in [6.07, 6.45) is 3.24. The number of ether oxygens (including phenoxy) is 1. The van der Waals surface area contributed by atoms with Crippen LogP contribution >= 0.6 is 19.4 Å². The number of rotatable bonds is 8. The van der Waals surface area contributed by atoms with Crippen LogP contribution in [0.5, 0.6) is 11.6 Å². The number of hydrogen-bond donors (Lipinski definition) is 3. The molecule has 0 aliphatic rings. The Morgan fingerprint density at radius 1 is 1.21 bits per heavy atom. The molecule has 0 fully saturated rings. The second-order valence-corrected chi connectivity index (χ2v) is 8.75. The van der Waals surface area contributed by atoms with Crippen molar-refractivity contribution in [3.8, 4) is 23.0 Å². The summed E-state index contributed by atoms with van der Waals surface area (Å²) in [6.45, 7) is -0.436. The van der Waals surface area contributed by atoms with Crippen molar-refractivity contribution in [1.82, 2.24) is 10.1 Å². The normalized spacial score (nSPS) is 11.5. The second-order valence-electron chi connectivity index (χ2n) is 7.07. The number of aromatic nitrogens is 3. The lowest BCUT2D eigenvalue weighted by Crippen LogP contribution is -2.38. The molecule has 10 nitrogen and oxygen atoms in total. The van der Waals surface area contributed by atoms with Crippen molar-refractivity contribution < 1.29 is 37.1 Å². The van der Waals surface area contributed by atoms with Crippen molar-refractivity contribution in [3.63, 3.8) is 0 Å². The zero-order valence-electron chi connectivity index (χ0n) is 17.3. The molecule has 0 unspecified atom stereocenters. The van der Waals surface area contributed by atoms with Gasteiger partial charge in [-0.1, -0.05) is 28.9 Å². The van der Waals surface area contributed by atoms with Crippen LogP contribution in [0.25, 0.3) is 11.3 Å². The van der Waals surface area contributed by atoms with Crippen LogP contribution in [0.4, 0.5) is 10.2 Å². The Balaban J connectivity index is 1.44. The third kappa shape index (κ3) is 5.96. The molecule has 0 aliphatic carbocycles. The highest BCUT2D eigenvalue weighted by atomic mass is 35.5. The van der Waals surface area contributed by atoms with Gasteiger partial charge in [0.05, 0.1) is 16.9 Å². The molecule has 0 spiro atoms. The first-order valence-electron chi connectivity index (χ1n) is 9.70. The summed E-state index contributed by atoms with van der Waals surface area (Å²) in [5.74, 6) is 0.117. The number of halogens is 2. The molecular formula is C21H18ClFN4O6P+. The van der Waals surface area contributed by atoms with Gasteiger partial charge in [-0.3, -0.25) is 5.73 Å². The predicted octanol–water partition coefficient (Wildman–Crippen LogP) is 3.85. The van der Waals surface area contributed by atoms with Crippen molar-refractivity contribution in [2.24, 2.45) is 0 Å². The molecule has 3 aromatic heterocycles. The quantitative estimate of drug-likeness (QED) is 0.239. The van der Waals surface area contributed by atoms with Gasteiger partial charge < -0.3 is 19.0 Å². The second kappa shape index (κ2) is 9.88. The van der Waals surface area contributed by atoms with E-state index in [4.69, 9.17) is 36.4 Å². The molecule has 0 saturated carbocycles. The lowest BCUT2D eigenvalue weighted by Gasteiger charge is -2.07. The number of hydrogen-bond acceptors (Lipinski definition) is 7. The van der Waals surface area contributed by atoms with Gasteiger partial charge in [-0.05, 0) is 35.9 Å². The van der Waals surface area contributed by atoms with Crippen molar-refractivity contribution in [1.29, 1.82) is 0 Å². The van der Waals surface area contributed by atoms with E-state index < -0.39 is 20.4 Å². The monoisotopic (exact) mass is 507 g/mol. The summed E-state index contributed by atoms with van der Waals surface area (Å²) in [6, 6.07) is 13.1. The maximum atomic E-state index is 13.9. The van der Waals surface area contributed by atoms with Crippen LogP contribution < -0.4 is 15.0 Å². The summed E-state index contributed by atoms with van der Waals surface area (Å²) >= 11 is 5.69. The van der Waals surface area contributed by atoms with Crippen LogP contribution in [0.1, 0.15) is 11.3 Å². The fraction of sp³-hybridized carbons (Fsp3) is 0.0952. The number of phosphoric acid groups is 1. The van der Waals surface area contributed by atoms with Gasteiger partial charge in [0.2, 0.25) is 6.73 Å². The standard InChI is InChI=1S/C21H17ClFN4O6P/c22-14-9-18(23)21(25-11-14)32-16-5-3-13(4-6-16)8-15-10-19(33-26-15)17-2-1-7-27(20(17)24)12-31-34(28,29)30/h1-7,9-11,24H,8,12H2,(H2,28,29,30)/p+1.